The topological polar surface area (TPSA) is 38.0 Å². The zero-order valence-electron chi connectivity index (χ0n) is 12.2. The number of nitrogens with zero attached hydrogens (tertiary/aromatic N) is 2. The van der Waals surface area contributed by atoms with Gasteiger partial charge in [-0.1, -0.05) is 13.0 Å². The Balaban J connectivity index is 2.11. The van der Waals surface area contributed by atoms with Crippen molar-refractivity contribution >= 4 is 0 Å². The van der Waals surface area contributed by atoms with Crippen molar-refractivity contribution in [1.29, 1.82) is 0 Å². The van der Waals surface area contributed by atoms with Crippen molar-refractivity contribution in [3.05, 3.63) is 53.1 Å². The normalized spacial score (nSPS) is 14.2. The lowest BCUT2D eigenvalue weighted by Gasteiger charge is -2.11. The summed E-state index contributed by atoms with van der Waals surface area (Å²) < 4.78 is 15.3. The lowest BCUT2D eigenvalue weighted by molar-refractivity contribution is 0.176. The number of hydrogen-bond donors (Lipinski definition) is 1. The Labute approximate surface area is 119 Å². The van der Waals surface area contributed by atoms with Crippen molar-refractivity contribution in [2.24, 2.45) is 0 Å². The Bertz CT molecular complexity index is 559. The lowest BCUT2D eigenvalue weighted by Crippen LogP contribution is -2.07. The highest BCUT2D eigenvalue weighted by atomic mass is 19.1. The van der Waals surface area contributed by atoms with Crippen LogP contribution in [0.5, 0.6) is 0 Å². The minimum atomic E-state index is -0.732. The van der Waals surface area contributed by atoms with Gasteiger partial charge in [-0.2, -0.15) is 5.10 Å². The van der Waals surface area contributed by atoms with Crippen LogP contribution in [0.2, 0.25) is 0 Å². The van der Waals surface area contributed by atoms with E-state index in [1.165, 1.54) is 12.1 Å². The lowest BCUT2D eigenvalue weighted by atomic mass is 10.0. The second-order valence-corrected chi connectivity index (χ2v) is 5.33. The third kappa shape index (κ3) is 3.45. The molecule has 0 amide bonds. The van der Waals surface area contributed by atoms with Gasteiger partial charge >= 0.3 is 0 Å². The Morgan fingerprint density at radius 2 is 2.10 bits per heavy atom. The van der Waals surface area contributed by atoms with Crippen molar-refractivity contribution in [1.82, 2.24) is 9.78 Å². The number of rotatable bonds is 5. The van der Waals surface area contributed by atoms with Gasteiger partial charge in [0.05, 0.1) is 11.8 Å². The van der Waals surface area contributed by atoms with Gasteiger partial charge in [0.15, 0.2) is 0 Å². The molecule has 0 saturated heterocycles. The number of aromatic nitrogens is 2. The fourth-order valence-corrected chi connectivity index (χ4v) is 2.19. The first-order chi connectivity index (χ1) is 9.49. The molecule has 3 nitrogen and oxygen atoms in total. The van der Waals surface area contributed by atoms with Gasteiger partial charge in [-0.25, -0.2) is 4.39 Å². The molecule has 2 unspecified atom stereocenters. The molecule has 0 radical (unpaired) electrons. The second-order valence-electron chi connectivity index (χ2n) is 5.33. The van der Waals surface area contributed by atoms with Gasteiger partial charge in [0.1, 0.15) is 5.82 Å². The van der Waals surface area contributed by atoms with Crippen LogP contribution in [0.3, 0.4) is 0 Å². The summed E-state index contributed by atoms with van der Waals surface area (Å²) in [6.07, 6.45) is 2.59. The summed E-state index contributed by atoms with van der Waals surface area (Å²) in [7, 11) is 0. The van der Waals surface area contributed by atoms with Crippen molar-refractivity contribution in [2.75, 3.05) is 0 Å². The van der Waals surface area contributed by atoms with E-state index in [2.05, 4.69) is 18.9 Å². The van der Waals surface area contributed by atoms with Gasteiger partial charge in [0, 0.05) is 18.7 Å². The second kappa shape index (κ2) is 6.18. The predicted molar refractivity (Wildman–Crippen MR) is 77.0 cm³/mol. The molecule has 1 aromatic heterocycles. The summed E-state index contributed by atoms with van der Waals surface area (Å²) in [6, 6.07) is 6.88. The third-order valence-electron chi connectivity index (χ3n) is 3.56. The summed E-state index contributed by atoms with van der Waals surface area (Å²) in [5.74, 6) is -0.316. The molecule has 2 rings (SSSR count). The van der Waals surface area contributed by atoms with E-state index in [-0.39, 0.29) is 5.82 Å². The number of benzene rings is 1. The molecule has 0 aliphatic heterocycles. The number of hydrogen-bond acceptors (Lipinski definition) is 2. The Morgan fingerprint density at radius 1 is 1.35 bits per heavy atom. The molecule has 0 saturated carbocycles. The highest BCUT2D eigenvalue weighted by Crippen LogP contribution is 2.20. The predicted octanol–water partition coefficient (Wildman–Crippen LogP) is 3.58. The molecule has 0 bridgehead atoms. The average Bonchev–Trinajstić information content (AvgIpc) is 2.85. The summed E-state index contributed by atoms with van der Waals surface area (Å²) >= 11 is 0. The van der Waals surface area contributed by atoms with E-state index in [9.17, 15) is 9.50 Å². The fraction of sp³-hybridized carbons (Fsp3) is 0.438. The van der Waals surface area contributed by atoms with Crippen LogP contribution in [0.15, 0.2) is 30.5 Å². The van der Waals surface area contributed by atoms with Crippen LogP contribution >= 0.6 is 0 Å². The van der Waals surface area contributed by atoms with Crippen molar-refractivity contribution in [2.45, 2.75) is 45.8 Å². The monoisotopic (exact) mass is 276 g/mol. The molecule has 1 N–H and O–H groups in total. The standard InChI is InChI=1S/C16H21FN2O/c1-4-12(3)19-6-5-15(18-19)10-16(20)13-7-11(2)8-14(17)9-13/h5-9,12,16,20H,4,10H2,1-3H3. The van der Waals surface area contributed by atoms with E-state index >= 15 is 0 Å². The number of halogens is 1. The van der Waals surface area contributed by atoms with Crippen LogP contribution in [0.25, 0.3) is 0 Å². The molecule has 0 aliphatic rings. The number of aliphatic hydroxyl groups is 1. The molecular weight excluding hydrogens is 255 g/mol. The molecule has 1 heterocycles. The maximum atomic E-state index is 13.4. The largest absolute Gasteiger partial charge is 0.388 e. The molecule has 4 heteroatoms. The minimum absolute atomic E-state index is 0.316. The van der Waals surface area contributed by atoms with Crippen LogP contribution in [0, 0.1) is 12.7 Å². The van der Waals surface area contributed by atoms with Crippen molar-refractivity contribution in [3.8, 4) is 0 Å². The highest BCUT2D eigenvalue weighted by Gasteiger charge is 2.13. The first-order valence-corrected chi connectivity index (χ1v) is 6.98. The van der Waals surface area contributed by atoms with Crippen LogP contribution in [0.4, 0.5) is 4.39 Å². The molecule has 0 aliphatic carbocycles. The maximum Gasteiger partial charge on any atom is 0.123 e. The highest BCUT2D eigenvalue weighted by molar-refractivity contribution is 5.26. The number of aliphatic hydroxyl groups excluding tert-OH is 1. The van der Waals surface area contributed by atoms with Crippen LogP contribution < -0.4 is 0 Å². The van der Waals surface area contributed by atoms with Gasteiger partial charge in [-0.15, -0.1) is 0 Å². The zero-order valence-corrected chi connectivity index (χ0v) is 12.2. The van der Waals surface area contributed by atoms with Gasteiger partial charge in [-0.3, -0.25) is 4.68 Å². The summed E-state index contributed by atoms with van der Waals surface area (Å²) in [5, 5.41) is 14.7. The first kappa shape index (κ1) is 14.7. The minimum Gasteiger partial charge on any atom is -0.388 e. The first-order valence-electron chi connectivity index (χ1n) is 6.98. The van der Waals surface area contributed by atoms with Crippen LogP contribution in [0.1, 0.15) is 49.2 Å². The fourth-order valence-electron chi connectivity index (χ4n) is 2.19. The SMILES string of the molecule is CCC(C)n1ccc(CC(O)c2cc(C)cc(F)c2)n1. The maximum absolute atomic E-state index is 13.4. The quantitative estimate of drug-likeness (QED) is 0.906. The van der Waals surface area contributed by atoms with E-state index in [4.69, 9.17) is 0 Å². The molecule has 0 fully saturated rings. The van der Waals surface area contributed by atoms with Gasteiger partial charge in [0.2, 0.25) is 0 Å². The molecule has 108 valence electrons. The third-order valence-corrected chi connectivity index (χ3v) is 3.56. The van der Waals surface area contributed by atoms with Gasteiger partial charge in [0.25, 0.3) is 0 Å². The van der Waals surface area contributed by atoms with Crippen molar-refractivity contribution < 1.29 is 9.50 Å². The summed E-state index contributed by atoms with van der Waals surface area (Å²) in [4.78, 5) is 0. The Hall–Kier alpha value is -1.68. The summed E-state index contributed by atoms with van der Waals surface area (Å²) in [5.41, 5.74) is 2.23. The molecule has 1 aromatic carbocycles. The molecular formula is C16H21FN2O. The van der Waals surface area contributed by atoms with E-state index in [1.54, 1.807) is 6.07 Å². The molecule has 2 aromatic rings. The molecule has 0 spiro atoms. The van der Waals surface area contributed by atoms with E-state index in [1.807, 2.05) is 23.9 Å². The zero-order chi connectivity index (χ0) is 14.7. The van der Waals surface area contributed by atoms with E-state index in [0.29, 0.717) is 18.0 Å². The van der Waals surface area contributed by atoms with Gasteiger partial charge in [-0.05, 0) is 49.6 Å². The van der Waals surface area contributed by atoms with Gasteiger partial charge < -0.3 is 5.11 Å². The number of aryl methyl sites for hydroxylation is 1. The average molecular weight is 276 g/mol. The molecule has 20 heavy (non-hydrogen) atoms. The van der Waals surface area contributed by atoms with Crippen LogP contribution in [-0.2, 0) is 6.42 Å². The van der Waals surface area contributed by atoms with E-state index in [0.717, 1.165) is 17.7 Å². The Morgan fingerprint density at radius 3 is 2.75 bits per heavy atom. The van der Waals surface area contributed by atoms with Crippen LogP contribution in [-0.4, -0.2) is 14.9 Å². The summed E-state index contributed by atoms with van der Waals surface area (Å²) in [6.45, 7) is 6.02. The Kier molecular flexibility index (Phi) is 4.55. The smallest absolute Gasteiger partial charge is 0.123 e. The van der Waals surface area contributed by atoms with Crippen molar-refractivity contribution in [3.63, 3.8) is 0 Å². The molecule has 2 atom stereocenters. The van der Waals surface area contributed by atoms with E-state index < -0.39 is 6.10 Å².